The average Bonchev–Trinajstić information content (AvgIpc) is 2.43. The number of nitrogens with zero attached hydrogens (tertiary/aromatic N) is 1. The maximum absolute atomic E-state index is 12.1. The number of benzene rings is 2. The molecule has 4 nitrogen and oxygen atoms in total. The van der Waals surface area contributed by atoms with Crippen LogP contribution in [0.5, 0.6) is 5.75 Å². The van der Waals surface area contributed by atoms with Gasteiger partial charge in [-0.2, -0.15) is 5.26 Å². The zero-order valence-electron chi connectivity index (χ0n) is 10.0. The van der Waals surface area contributed by atoms with Crippen LogP contribution in [-0.4, -0.2) is 11.0 Å². The standard InChI is InChI=1S/C14H8Cl2N2O2/c15-11-3-2-9(19)6-10(11)14(20)18-13-4-1-8(7-17)5-12(13)16/h1-6,19H,(H,18,20). The van der Waals surface area contributed by atoms with Crippen molar-refractivity contribution in [1.82, 2.24) is 0 Å². The molecule has 1 amide bonds. The molecule has 0 spiro atoms. The fraction of sp³-hybridized carbons (Fsp3) is 0. The summed E-state index contributed by atoms with van der Waals surface area (Å²) in [6.07, 6.45) is 0. The van der Waals surface area contributed by atoms with E-state index >= 15 is 0 Å². The number of carbonyl (C=O) groups excluding carboxylic acids is 1. The van der Waals surface area contributed by atoms with Crippen LogP contribution >= 0.6 is 23.2 Å². The normalized spacial score (nSPS) is 9.85. The maximum Gasteiger partial charge on any atom is 0.257 e. The van der Waals surface area contributed by atoms with Gasteiger partial charge >= 0.3 is 0 Å². The summed E-state index contributed by atoms with van der Waals surface area (Å²) in [7, 11) is 0. The summed E-state index contributed by atoms with van der Waals surface area (Å²) in [6.45, 7) is 0. The quantitative estimate of drug-likeness (QED) is 0.885. The Labute approximate surface area is 125 Å². The minimum Gasteiger partial charge on any atom is -0.508 e. The van der Waals surface area contributed by atoms with Gasteiger partial charge < -0.3 is 10.4 Å². The van der Waals surface area contributed by atoms with Gasteiger partial charge in [0.25, 0.3) is 5.91 Å². The Balaban J connectivity index is 2.28. The molecule has 2 aromatic rings. The molecule has 0 bridgehead atoms. The third-order valence-corrected chi connectivity index (χ3v) is 3.18. The van der Waals surface area contributed by atoms with Crippen molar-refractivity contribution in [2.75, 3.05) is 5.32 Å². The molecule has 0 aliphatic carbocycles. The SMILES string of the molecule is N#Cc1ccc(NC(=O)c2cc(O)ccc2Cl)c(Cl)c1. The van der Waals surface area contributed by atoms with E-state index in [4.69, 9.17) is 28.5 Å². The smallest absolute Gasteiger partial charge is 0.257 e. The lowest BCUT2D eigenvalue weighted by Gasteiger charge is -2.09. The van der Waals surface area contributed by atoms with Crippen molar-refractivity contribution >= 4 is 34.8 Å². The van der Waals surface area contributed by atoms with Gasteiger partial charge in [-0.25, -0.2) is 0 Å². The first-order chi connectivity index (χ1) is 9.51. The third-order valence-electron chi connectivity index (χ3n) is 2.54. The van der Waals surface area contributed by atoms with E-state index in [2.05, 4.69) is 5.32 Å². The number of nitrogens with one attached hydrogen (secondary N) is 1. The largest absolute Gasteiger partial charge is 0.508 e. The molecule has 0 aliphatic heterocycles. The van der Waals surface area contributed by atoms with Crippen molar-refractivity contribution in [2.45, 2.75) is 0 Å². The summed E-state index contributed by atoms with van der Waals surface area (Å²) >= 11 is 11.9. The molecule has 0 saturated carbocycles. The molecule has 0 atom stereocenters. The van der Waals surface area contributed by atoms with Crippen molar-refractivity contribution in [1.29, 1.82) is 5.26 Å². The number of carbonyl (C=O) groups is 1. The summed E-state index contributed by atoms with van der Waals surface area (Å²) in [6, 6.07) is 10.5. The highest BCUT2D eigenvalue weighted by Gasteiger charge is 2.13. The van der Waals surface area contributed by atoms with Gasteiger partial charge in [-0.1, -0.05) is 23.2 Å². The first-order valence-corrected chi connectivity index (χ1v) is 6.26. The molecule has 2 rings (SSSR count). The highest BCUT2D eigenvalue weighted by Crippen LogP contribution is 2.26. The van der Waals surface area contributed by atoms with Crippen molar-refractivity contribution in [2.24, 2.45) is 0 Å². The minimum atomic E-state index is -0.502. The lowest BCUT2D eigenvalue weighted by atomic mass is 10.1. The predicted molar refractivity (Wildman–Crippen MR) is 77.2 cm³/mol. The first-order valence-electron chi connectivity index (χ1n) is 5.51. The Hall–Kier alpha value is -2.22. The monoisotopic (exact) mass is 306 g/mol. The molecule has 0 saturated heterocycles. The van der Waals surface area contributed by atoms with Gasteiger partial charge in [0.05, 0.1) is 32.9 Å². The number of hydrogen-bond donors (Lipinski definition) is 2. The molecule has 2 N–H and O–H groups in total. The van der Waals surface area contributed by atoms with E-state index in [0.717, 1.165) is 0 Å². The Morgan fingerprint density at radius 2 is 1.90 bits per heavy atom. The van der Waals surface area contributed by atoms with Crippen LogP contribution in [0.15, 0.2) is 36.4 Å². The zero-order valence-corrected chi connectivity index (χ0v) is 11.5. The number of phenols is 1. The lowest BCUT2D eigenvalue weighted by molar-refractivity contribution is 0.102. The topological polar surface area (TPSA) is 73.1 Å². The van der Waals surface area contributed by atoms with Crippen molar-refractivity contribution < 1.29 is 9.90 Å². The Bertz CT molecular complexity index is 724. The number of hydrogen-bond acceptors (Lipinski definition) is 3. The molecular weight excluding hydrogens is 299 g/mol. The van der Waals surface area contributed by atoms with Gasteiger partial charge in [0, 0.05) is 0 Å². The van der Waals surface area contributed by atoms with Gasteiger partial charge in [-0.3, -0.25) is 4.79 Å². The molecule has 2 aromatic carbocycles. The zero-order chi connectivity index (χ0) is 14.7. The number of phenolic OH excluding ortho intramolecular Hbond substituents is 1. The van der Waals surface area contributed by atoms with Gasteiger partial charge in [0.15, 0.2) is 0 Å². The van der Waals surface area contributed by atoms with Gasteiger partial charge in [0.2, 0.25) is 0 Å². The molecule has 0 aromatic heterocycles. The number of amides is 1. The van der Waals surface area contributed by atoms with Crippen LogP contribution in [-0.2, 0) is 0 Å². The molecule has 20 heavy (non-hydrogen) atoms. The number of aromatic hydroxyl groups is 1. The van der Waals surface area contributed by atoms with Crippen LogP contribution in [0, 0.1) is 11.3 Å². The highest BCUT2D eigenvalue weighted by atomic mass is 35.5. The number of rotatable bonds is 2. The van der Waals surface area contributed by atoms with E-state index < -0.39 is 5.91 Å². The van der Waals surface area contributed by atoms with Crippen molar-refractivity contribution in [3.05, 3.63) is 57.6 Å². The van der Waals surface area contributed by atoms with Crippen molar-refractivity contribution in [3.63, 3.8) is 0 Å². The van der Waals surface area contributed by atoms with Gasteiger partial charge in [-0.15, -0.1) is 0 Å². The van der Waals surface area contributed by atoms with E-state index in [1.807, 2.05) is 6.07 Å². The number of nitriles is 1. The van der Waals surface area contributed by atoms with E-state index in [1.165, 1.54) is 36.4 Å². The summed E-state index contributed by atoms with van der Waals surface area (Å²) in [5, 5.41) is 21.1. The molecule has 0 radical (unpaired) electrons. The van der Waals surface area contributed by atoms with E-state index in [9.17, 15) is 9.90 Å². The van der Waals surface area contributed by atoms with Crippen LogP contribution < -0.4 is 5.32 Å². The van der Waals surface area contributed by atoms with Crippen LogP contribution in [0.1, 0.15) is 15.9 Å². The first kappa shape index (κ1) is 14.2. The molecule has 0 heterocycles. The average molecular weight is 307 g/mol. The third kappa shape index (κ3) is 3.02. The molecule has 6 heteroatoms. The summed E-state index contributed by atoms with van der Waals surface area (Å²) in [5.41, 5.74) is 0.880. The Kier molecular flexibility index (Phi) is 4.14. The van der Waals surface area contributed by atoms with Crippen LogP contribution in [0.2, 0.25) is 10.0 Å². The van der Waals surface area contributed by atoms with E-state index in [1.54, 1.807) is 0 Å². The highest BCUT2D eigenvalue weighted by molar-refractivity contribution is 6.36. The minimum absolute atomic E-state index is 0.0644. The summed E-state index contributed by atoms with van der Waals surface area (Å²) in [4.78, 5) is 12.1. The fourth-order valence-electron chi connectivity index (χ4n) is 1.56. The number of anilines is 1. The fourth-order valence-corrected chi connectivity index (χ4v) is 1.99. The van der Waals surface area contributed by atoms with E-state index in [0.29, 0.717) is 11.3 Å². The van der Waals surface area contributed by atoms with E-state index in [-0.39, 0.29) is 21.4 Å². The molecule has 0 aliphatic rings. The lowest BCUT2D eigenvalue weighted by Crippen LogP contribution is -2.12. The Morgan fingerprint density at radius 1 is 1.15 bits per heavy atom. The van der Waals surface area contributed by atoms with Crippen LogP contribution in [0.4, 0.5) is 5.69 Å². The summed E-state index contributed by atoms with van der Waals surface area (Å²) in [5.74, 6) is -0.567. The summed E-state index contributed by atoms with van der Waals surface area (Å²) < 4.78 is 0. The predicted octanol–water partition coefficient (Wildman–Crippen LogP) is 3.82. The second-order valence-electron chi connectivity index (χ2n) is 3.92. The Morgan fingerprint density at radius 3 is 2.55 bits per heavy atom. The molecular formula is C14H8Cl2N2O2. The second-order valence-corrected chi connectivity index (χ2v) is 4.74. The molecule has 100 valence electrons. The number of halogens is 2. The molecule has 0 unspecified atom stereocenters. The second kappa shape index (κ2) is 5.83. The van der Waals surface area contributed by atoms with Crippen molar-refractivity contribution in [3.8, 4) is 11.8 Å². The maximum atomic E-state index is 12.1. The van der Waals surface area contributed by atoms with Gasteiger partial charge in [0.1, 0.15) is 5.75 Å². The van der Waals surface area contributed by atoms with Crippen LogP contribution in [0.3, 0.4) is 0 Å². The van der Waals surface area contributed by atoms with Gasteiger partial charge in [-0.05, 0) is 36.4 Å². The van der Waals surface area contributed by atoms with Crippen LogP contribution in [0.25, 0.3) is 0 Å². The molecule has 0 fully saturated rings.